The van der Waals surface area contributed by atoms with Crippen molar-refractivity contribution in [3.63, 3.8) is 0 Å². The lowest BCUT2D eigenvalue weighted by Gasteiger charge is -2.21. The number of anilines is 1. The Morgan fingerprint density at radius 2 is 1.85 bits per heavy atom. The van der Waals surface area contributed by atoms with Crippen LogP contribution in [-0.2, 0) is 6.54 Å². The van der Waals surface area contributed by atoms with Crippen LogP contribution < -0.4 is 14.8 Å². The Hall–Kier alpha value is -1.95. The number of hydrogen-bond acceptors (Lipinski definition) is 6. The number of nitrogens with zero attached hydrogens (tertiary/aromatic N) is 2. The normalized spacial score (nSPS) is 13.1. The summed E-state index contributed by atoms with van der Waals surface area (Å²) in [6.45, 7) is 1.91. The summed E-state index contributed by atoms with van der Waals surface area (Å²) in [7, 11) is 0. The number of fused-ring (bicyclic) bond motifs is 1. The zero-order valence-corrected chi connectivity index (χ0v) is 11.9. The molecule has 20 heavy (non-hydrogen) atoms. The minimum absolute atomic E-state index is 0.602. The molecule has 2 heterocycles. The molecule has 0 fully saturated rings. The van der Waals surface area contributed by atoms with Crippen LogP contribution in [0.25, 0.3) is 0 Å². The molecule has 1 aliphatic heterocycles. The van der Waals surface area contributed by atoms with Gasteiger partial charge in [0.2, 0.25) is 0 Å². The first-order valence-corrected chi connectivity index (χ1v) is 7.54. The zero-order valence-electron chi connectivity index (χ0n) is 11.1. The first-order chi connectivity index (χ1) is 9.86. The van der Waals surface area contributed by atoms with Gasteiger partial charge in [-0.2, -0.15) is 0 Å². The molecule has 3 rings (SSSR count). The number of thioether (sulfide) groups is 1. The topological polar surface area (TPSA) is 56.3 Å². The Morgan fingerprint density at radius 3 is 2.55 bits per heavy atom. The van der Waals surface area contributed by atoms with E-state index in [9.17, 15) is 0 Å². The van der Waals surface area contributed by atoms with E-state index < -0.39 is 0 Å². The summed E-state index contributed by atoms with van der Waals surface area (Å²) in [6, 6.07) is 4.08. The highest BCUT2D eigenvalue weighted by molar-refractivity contribution is 7.98. The molecule has 5 nitrogen and oxygen atoms in total. The monoisotopic (exact) mass is 289 g/mol. The van der Waals surface area contributed by atoms with Gasteiger partial charge >= 0.3 is 0 Å². The highest BCUT2D eigenvalue weighted by Gasteiger charge is 2.15. The van der Waals surface area contributed by atoms with Crippen molar-refractivity contribution >= 4 is 17.4 Å². The molecule has 1 aromatic heterocycles. The summed E-state index contributed by atoms with van der Waals surface area (Å²) in [4.78, 5) is 9.15. The van der Waals surface area contributed by atoms with E-state index in [1.54, 1.807) is 24.2 Å². The third kappa shape index (κ3) is 2.80. The van der Waals surface area contributed by atoms with Gasteiger partial charge in [0.05, 0.1) is 18.1 Å². The van der Waals surface area contributed by atoms with Crippen LogP contribution in [0.15, 0.2) is 35.7 Å². The number of nitrogens with one attached hydrogen (secondary N) is 1. The van der Waals surface area contributed by atoms with E-state index in [0.717, 1.165) is 17.2 Å². The van der Waals surface area contributed by atoms with Crippen LogP contribution in [0.5, 0.6) is 11.5 Å². The van der Waals surface area contributed by atoms with E-state index >= 15 is 0 Å². The average molecular weight is 289 g/mol. The second-order valence-corrected chi connectivity index (χ2v) is 5.14. The molecule has 1 aromatic carbocycles. The molecule has 0 amide bonds. The first-order valence-electron chi connectivity index (χ1n) is 6.32. The van der Waals surface area contributed by atoms with Crippen LogP contribution in [0.4, 0.5) is 5.69 Å². The third-order valence-corrected chi connectivity index (χ3v) is 3.81. The lowest BCUT2D eigenvalue weighted by molar-refractivity contribution is 0.171. The van der Waals surface area contributed by atoms with Crippen LogP contribution in [0.1, 0.15) is 5.56 Å². The molecule has 1 N–H and O–H groups in total. The first kappa shape index (κ1) is 13.1. The van der Waals surface area contributed by atoms with Crippen LogP contribution >= 0.6 is 11.8 Å². The third-order valence-electron chi connectivity index (χ3n) is 2.99. The van der Waals surface area contributed by atoms with Gasteiger partial charge < -0.3 is 14.8 Å². The van der Waals surface area contributed by atoms with Crippen molar-refractivity contribution in [1.29, 1.82) is 0 Å². The van der Waals surface area contributed by atoms with Crippen LogP contribution in [0.3, 0.4) is 0 Å². The Labute approximate surface area is 121 Å². The van der Waals surface area contributed by atoms with Gasteiger partial charge in [0, 0.05) is 11.4 Å². The maximum Gasteiger partial charge on any atom is 0.162 e. The van der Waals surface area contributed by atoms with Crippen LogP contribution in [-0.4, -0.2) is 29.4 Å². The van der Waals surface area contributed by atoms with Gasteiger partial charge in [-0.15, -0.1) is 11.8 Å². The maximum absolute atomic E-state index is 5.63. The van der Waals surface area contributed by atoms with Gasteiger partial charge in [-0.3, -0.25) is 0 Å². The lowest BCUT2D eigenvalue weighted by atomic mass is 10.2. The van der Waals surface area contributed by atoms with E-state index in [1.165, 1.54) is 16.8 Å². The second-order valence-electron chi connectivity index (χ2n) is 4.29. The molecule has 0 unspecified atom stereocenters. The molecule has 104 valence electrons. The zero-order chi connectivity index (χ0) is 13.8. The van der Waals surface area contributed by atoms with Gasteiger partial charge in [-0.25, -0.2) is 9.97 Å². The van der Waals surface area contributed by atoms with Gasteiger partial charge in [-0.05, 0) is 24.0 Å². The molecular weight excluding hydrogens is 274 g/mol. The molecule has 0 radical (unpaired) electrons. The highest BCUT2D eigenvalue weighted by Crippen LogP contribution is 2.36. The average Bonchev–Trinajstić information content (AvgIpc) is 2.53. The summed E-state index contributed by atoms with van der Waals surface area (Å²) < 4.78 is 11.2. The largest absolute Gasteiger partial charge is 0.486 e. The van der Waals surface area contributed by atoms with Gasteiger partial charge in [0.1, 0.15) is 19.5 Å². The van der Waals surface area contributed by atoms with Gasteiger partial charge in [0.25, 0.3) is 0 Å². The molecule has 0 saturated heterocycles. The number of ether oxygens (including phenoxy) is 2. The standard InChI is InChI=1S/C14H15N3O2S/c1-20-14-5-13-12(18-2-3-19-13)4-10(14)6-17-11-7-15-9-16-8-11/h4-5,7-9,17H,2-3,6H2,1H3. The van der Waals surface area contributed by atoms with E-state index in [2.05, 4.69) is 21.5 Å². The van der Waals surface area contributed by atoms with Crippen molar-refractivity contribution in [3.05, 3.63) is 36.4 Å². The molecule has 6 heteroatoms. The maximum atomic E-state index is 5.63. The lowest BCUT2D eigenvalue weighted by Crippen LogP contribution is -2.16. The van der Waals surface area contributed by atoms with Gasteiger partial charge in [-0.1, -0.05) is 0 Å². The van der Waals surface area contributed by atoms with E-state index in [0.29, 0.717) is 19.8 Å². The molecule has 0 spiro atoms. The summed E-state index contributed by atoms with van der Waals surface area (Å²) >= 11 is 1.70. The highest BCUT2D eigenvalue weighted by atomic mass is 32.2. The fourth-order valence-electron chi connectivity index (χ4n) is 2.03. The molecule has 2 aromatic rings. The predicted octanol–water partition coefficient (Wildman–Crippen LogP) is 2.58. The minimum atomic E-state index is 0.602. The molecule has 1 aliphatic rings. The van der Waals surface area contributed by atoms with Crippen molar-refractivity contribution in [2.75, 3.05) is 24.8 Å². The number of rotatable bonds is 4. The minimum Gasteiger partial charge on any atom is -0.486 e. The fourth-order valence-corrected chi connectivity index (χ4v) is 2.65. The summed E-state index contributed by atoms with van der Waals surface area (Å²) in [5.41, 5.74) is 2.07. The van der Waals surface area contributed by atoms with E-state index in [1.807, 2.05) is 12.1 Å². The molecule has 0 bridgehead atoms. The van der Waals surface area contributed by atoms with Crippen molar-refractivity contribution in [2.24, 2.45) is 0 Å². The Bertz CT molecular complexity index is 592. The van der Waals surface area contributed by atoms with E-state index in [-0.39, 0.29) is 0 Å². The van der Waals surface area contributed by atoms with Crippen molar-refractivity contribution in [2.45, 2.75) is 11.4 Å². The number of aromatic nitrogens is 2. The Balaban J connectivity index is 1.81. The molecular formula is C14H15N3O2S. The fraction of sp³-hybridized carbons (Fsp3) is 0.286. The van der Waals surface area contributed by atoms with Crippen molar-refractivity contribution in [1.82, 2.24) is 9.97 Å². The summed E-state index contributed by atoms with van der Waals surface area (Å²) in [6.07, 6.45) is 7.08. The SMILES string of the molecule is CSc1cc2c(cc1CNc1cncnc1)OCCO2. The van der Waals surface area contributed by atoms with Crippen LogP contribution in [0, 0.1) is 0 Å². The summed E-state index contributed by atoms with van der Waals surface area (Å²) in [5.74, 6) is 1.64. The predicted molar refractivity (Wildman–Crippen MR) is 78.6 cm³/mol. The van der Waals surface area contributed by atoms with E-state index in [4.69, 9.17) is 9.47 Å². The molecule has 0 aliphatic carbocycles. The number of hydrogen-bond donors (Lipinski definition) is 1. The molecule has 0 atom stereocenters. The van der Waals surface area contributed by atoms with Gasteiger partial charge in [0.15, 0.2) is 11.5 Å². The van der Waals surface area contributed by atoms with Crippen molar-refractivity contribution in [3.8, 4) is 11.5 Å². The number of benzene rings is 1. The smallest absolute Gasteiger partial charge is 0.162 e. The second kappa shape index (κ2) is 6.00. The Morgan fingerprint density at radius 1 is 1.15 bits per heavy atom. The Kier molecular flexibility index (Phi) is 3.92. The van der Waals surface area contributed by atoms with Crippen LogP contribution in [0.2, 0.25) is 0 Å². The molecule has 0 saturated carbocycles. The van der Waals surface area contributed by atoms with Crippen molar-refractivity contribution < 1.29 is 9.47 Å². The quantitative estimate of drug-likeness (QED) is 0.873. The summed E-state index contributed by atoms with van der Waals surface area (Å²) in [5, 5.41) is 3.31.